The average Bonchev–Trinajstić information content (AvgIpc) is 3.04. The molecule has 0 aliphatic carbocycles. The number of carbonyl (C=O) groups excluding carboxylic acids is 3. The lowest BCUT2D eigenvalue weighted by Gasteiger charge is -2.40. The van der Waals surface area contributed by atoms with Crippen molar-refractivity contribution in [2.24, 2.45) is 0 Å². The fraction of sp³-hybridized carbons (Fsp3) is 0.385. The Hall–Kier alpha value is -5.39. The van der Waals surface area contributed by atoms with Crippen LogP contribution < -0.4 is 14.5 Å². The number of esters is 1. The van der Waals surface area contributed by atoms with E-state index in [2.05, 4.69) is 4.98 Å². The second kappa shape index (κ2) is 16.1. The molecule has 51 heavy (non-hydrogen) atoms. The summed E-state index contributed by atoms with van der Waals surface area (Å²) in [6.45, 7) is 15.2. The number of halogens is 1. The van der Waals surface area contributed by atoms with Crippen molar-refractivity contribution in [3.63, 3.8) is 0 Å². The normalized spacial score (nSPS) is 12.2. The van der Waals surface area contributed by atoms with E-state index in [0.717, 1.165) is 5.01 Å². The monoisotopic (exact) mass is 703 g/mol. The molecule has 12 heteroatoms. The standard InChI is InChI=1S/C39H46FN3O8/c1-10-47-32-22-27(17-19-31(32)49-25(2)3)34(35(44)48-24-26-14-12-11-13-15-26)42(30-18-16-28-23-41-21-20-29(28)33(30)40)43(36(45)50-38(4,5)6)37(46)51-39(7,8)9/h11-23,25,34H,10,24H2,1-9H3. The molecule has 0 fully saturated rings. The fourth-order valence-corrected chi connectivity index (χ4v) is 5.02. The van der Waals surface area contributed by atoms with E-state index in [9.17, 15) is 14.4 Å². The summed E-state index contributed by atoms with van der Waals surface area (Å²) in [5, 5.41) is 1.97. The number of pyridine rings is 1. The number of ether oxygens (including phenoxy) is 5. The molecule has 4 aromatic rings. The molecule has 1 unspecified atom stereocenters. The summed E-state index contributed by atoms with van der Waals surface area (Å²) in [5.74, 6) is -1.11. The number of nitrogens with zero attached hydrogens (tertiary/aromatic N) is 3. The van der Waals surface area contributed by atoms with Gasteiger partial charge >= 0.3 is 18.2 Å². The van der Waals surface area contributed by atoms with Crippen LogP contribution in [0.2, 0.25) is 0 Å². The van der Waals surface area contributed by atoms with Crippen molar-refractivity contribution in [3.8, 4) is 11.5 Å². The summed E-state index contributed by atoms with van der Waals surface area (Å²) < 4.78 is 46.0. The third-order valence-corrected chi connectivity index (χ3v) is 6.97. The van der Waals surface area contributed by atoms with Gasteiger partial charge in [-0.05, 0) is 97.7 Å². The Morgan fingerprint density at radius 1 is 0.843 bits per heavy atom. The molecule has 0 radical (unpaired) electrons. The first-order chi connectivity index (χ1) is 24.0. The van der Waals surface area contributed by atoms with Gasteiger partial charge < -0.3 is 23.7 Å². The van der Waals surface area contributed by atoms with Gasteiger partial charge in [-0.25, -0.2) is 23.8 Å². The van der Waals surface area contributed by atoms with Gasteiger partial charge in [-0.15, -0.1) is 5.01 Å². The molecular weight excluding hydrogens is 657 g/mol. The van der Waals surface area contributed by atoms with Crippen LogP contribution in [0.15, 0.2) is 79.1 Å². The van der Waals surface area contributed by atoms with Gasteiger partial charge in [0.2, 0.25) is 0 Å². The van der Waals surface area contributed by atoms with Crippen LogP contribution in [0.1, 0.15) is 79.5 Å². The average molecular weight is 704 g/mol. The third kappa shape index (κ3) is 10.1. The number of carbonyl (C=O) groups is 3. The zero-order valence-corrected chi connectivity index (χ0v) is 30.6. The Labute approximate surface area is 298 Å². The summed E-state index contributed by atoms with van der Waals surface area (Å²) in [4.78, 5) is 47.0. The van der Waals surface area contributed by atoms with E-state index in [-0.39, 0.29) is 41.7 Å². The van der Waals surface area contributed by atoms with Crippen molar-refractivity contribution >= 4 is 34.6 Å². The van der Waals surface area contributed by atoms with Gasteiger partial charge in [-0.2, -0.15) is 0 Å². The molecule has 0 saturated heterocycles. The lowest BCUT2D eigenvalue weighted by molar-refractivity contribution is -0.147. The number of hydrazine groups is 1. The van der Waals surface area contributed by atoms with Crippen molar-refractivity contribution in [2.75, 3.05) is 11.6 Å². The lowest BCUT2D eigenvalue weighted by atomic mass is 10.0. The minimum Gasteiger partial charge on any atom is -0.490 e. The number of imide groups is 1. The molecule has 1 heterocycles. The Kier molecular flexibility index (Phi) is 12.1. The van der Waals surface area contributed by atoms with E-state index in [4.69, 9.17) is 23.7 Å². The molecule has 0 saturated carbocycles. The van der Waals surface area contributed by atoms with E-state index >= 15 is 4.39 Å². The first-order valence-electron chi connectivity index (χ1n) is 16.7. The molecule has 1 aromatic heterocycles. The molecular formula is C39H46FN3O8. The minimum absolute atomic E-state index is 0.118. The van der Waals surface area contributed by atoms with Crippen LogP contribution in [0.3, 0.4) is 0 Å². The number of fused-ring (bicyclic) bond motifs is 1. The Balaban J connectivity index is 2.05. The van der Waals surface area contributed by atoms with E-state index in [0.29, 0.717) is 21.7 Å². The number of benzene rings is 3. The minimum atomic E-state index is -1.69. The maximum Gasteiger partial charge on any atom is 0.439 e. The molecule has 272 valence electrons. The number of hydrogen-bond donors (Lipinski definition) is 0. The van der Waals surface area contributed by atoms with Gasteiger partial charge in [-0.3, -0.25) is 4.98 Å². The summed E-state index contributed by atoms with van der Waals surface area (Å²) in [6, 6.07) is 16.3. The van der Waals surface area contributed by atoms with Crippen molar-refractivity contribution < 1.29 is 42.5 Å². The number of rotatable bonds is 11. The highest BCUT2D eigenvalue weighted by molar-refractivity contribution is 5.95. The molecule has 11 nitrogen and oxygen atoms in total. The van der Waals surface area contributed by atoms with Crippen molar-refractivity contribution in [3.05, 3.63) is 96.1 Å². The number of aromatic nitrogens is 1. The van der Waals surface area contributed by atoms with Crippen LogP contribution in [0.4, 0.5) is 19.7 Å². The van der Waals surface area contributed by atoms with Crippen LogP contribution in [0.5, 0.6) is 11.5 Å². The molecule has 1 atom stereocenters. The number of anilines is 1. The predicted octanol–water partition coefficient (Wildman–Crippen LogP) is 8.94. The lowest BCUT2D eigenvalue weighted by Crippen LogP contribution is -2.56. The third-order valence-electron chi connectivity index (χ3n) is 6.97. The van der Waals surface area contributed by atoms with Crippen LogP contribution in [0.25, 0.3) is 10.8 Å². The Morgan fingerprint density at radius 2 is 1.49 bits per heavy atom. The largest absolute Gasteiger partial charge is 0.490 e. The molecule has 2 amide bonds. The van der Waals surface area contributed by atoms with Gasteiger partial charge in [0.15, 0.2) is 23.4 Å². The van der Waals surface area contributed by atoms with E-state index < -0.39 is 41.2 Å². The van der Waals surface area contributed by atoms with Gasteiger partial charge in [-0.1, -0.05) is 42.5 Å². The SMILES string of the molecule is CCOc1cc(C(C(=O)OCc2ccccc2)N(c2ccc3cnccc3c2F)N(C(=O)OC(C)(C)C)C(=O)OC(C)(C)C)ccc1OC(C)C. The highest BCUT2D eigenvalue weighted by atomic mass is 19.1. The fourth-order valence-electron chi connectivity index (χ4n) is 5.02. The first-order valence-corrected chi connectivity index (χ1v) is 16.7. The first kappa shape index (κ1) is 38.4. The maximum absolute atomic E-state index is 16.9. The zero-order chi connectivity index (χ0) is 37.5. The van der Waals surface area contributed by atoms with Crippen molar-refractivity contribution in [1.29, 1.82) is 0 Å². The highest BCUT2D eigenvalue weighted by Gasteiger charge is 2.44. The second-order valence-electron chi connectivity index (χ2n) is 13.9. The Morgan fingerprint density at radius 3 is 2.08 bits per heavy atom. The van der Waals surface area contributed by atoms with Gasteiger partial charge in [0, 0.05) is 23.2 Å². The number of amides is 2. The van der Waals surface area contributed by atoms with Crippen LogP contribution in [-0.2, 0) is 25.6 Å². The molecule has 0 spiro atoms. The quantitative estimate of drug-likeness (QED) is 0.0851. The van der Waals surface area contributed by atoms with Crippen LogP contribution >= 0.6 is 0 Å². The van der Waals surface area contributed by atoms with Crippen molar-refractivity contribution in [1.82, 2.24) is 9.99 Å². The zero-order valence-electron chi connectivity index (χ0n) is 30.6. The second-order valence-corrected chi connectivity index (χ2v) is 13.9. The maximum atomic E-state index is 16.9. The van der Waals surface area contributed by atoms with Crippen molar-refractivity contribution in [2.45, 2.75) is 92.3 Å². The molecule has 4 rings (SSSR count). The molecule has 0 aliphatic heterocycles. The van der Waals surface area contributed by atoms with Crippen LogP contribution in [0, 0.1) is 5.82 Å². The summed E-state index contributed by atoms with van der Waals surface area (Å²) in [7, 11) is 0. The van der Waals surface area contributed by atoms with E-state index in [1.54, 1.807) is 90.9 Å². The van der Waals surface area contributed by atoms with E-state index in [1.807, 2.05) is 19.9 Å². The van der Waals surface area contributed by atoms with Crippen LogP contribution in [-0.4, -0.2) is 52.1 Å². The highest BCUT2D eigenvalue weighted by Crippen LogP contribution is 2.39. The van der Waals surface area contributed by atoms with Gasteiger partial charge in [0.25, 0.3) is 0 Å². The predicted molar refractivity (Wildman–Crippen MR) is 191 cm³/mol. The summed E-state index contributed by atoms with van der Waals surface area (Å²) >= 11 is 0. The molecule has 0 aliphatic rings. The van der Waals surface area contributed by atoms with Gasteiger partial charge in [0.1, 0.15) is 17.8 Å². The number of hydrogen-bond acceptors (Lipinski definition) is 10. The molecule has 3 aromatic carbocycles. The van der Waals surface area contributed by atoms with E-state index in [1.165, 1.54) is 30.6 Å². The summed E-state index contributed by atoms with van der Waals surface area (Å²) in [5.41, 5.74) is -1.70. The molecule has 0 bridgehead atoms. The smallest absolute Gasteiger partial charge is 0.439 e. The summed E-state index contributed by atoms with van der Waals surface area (Å²) in [6.07, 6.45) is 0.216. The Bertz CT molecular complexity index is 1810. The molecule has 0 N–H and O–H groups in total. The van der Waals surface area contributed by atoms with Gasteiger partial charge in [0.05, 0.1) is 18.4 Å². The topological polar surface area (TPSA) is 117 Å².